The van der Waals surface area contributed by atoms with Crippen molar-refractivity contribution >= 4 is 21.8 Å². The average molecular weight is 721 g/mol. The van der Waals surface area contributed by atoms with E-state index in [1.54, 1.807) is 6.07 Å². The zero-order valence-corrected chi connectivity index (χ0v) is 30.2. The second-order valence-corrected chi connectivity index (χ2v) is 13.8. The molecular formula is C51H33FN4. The first-order chi connectivity index (χ1) is 27.7. The summed E-state index contributed by atoms with van der Waals surface area (Å²) in [4.78, 5) is 15.3. The molecule has 10 rings (SSSR count). The molecule has 0 spiro atoms. The molecular weight excluding hydrogens is 688 g/mol. The van der Waals surface area contributed by atoms with Crippen molar-refractivity contribution in [3.05, 3.63) is 206 Å². The first-order valence-corrected chi connectivity index (χ1v) is 18.6. The summed E-state index contributed by atoms with van der Waals surface area (Å²) in [5.41, 5.74) is 11.8. The smallest absolute Gasteiger partial charge is 0.164 e. The SMILES string of the molecule is Fc1ccc2c3ccccc3n(-c3cc(-c4nc(-c5ccc(-c6ccccc6)cc5)nc(-c5ccc(-c6ccccc6)cc5)n4)ccc3-c3ccccc3)c2c1. The Morgan fingerprint density at radius 2 is 0.750 bits per heavy atom. The molecule has 4 nitrogen and oxygen atoms in total. The summed E-state index contributed by atoms with van der Waals surface area (Å²) >= 11 is 0. The molecule has 0 saturated heterocycles. The van der Waals surface area contributed by atoms with Crippen LogP contribution in [0.15, 0.2) is 200 Å². The molecule has 10 aromatic rings. The van der Waals surface area contributed by atoms with Crippen LogP contribution in [0, 0.1) is 5.82 Å². The van der Waals surface area contributed by atoms with E-state index < -0.39 is 0 Å². The Balaban J connectivity index is 1.17. The van der Waals surface area contributed by atoms with Crippen molar-refractivity contribution in [1.82, 2.24) is 19.5 Å². The van der Waals surface area contributed by atoms with Gasteiger partial charge >= 0.3 is 0 Å². The minimum absolute atomic E-state index is 0.290. The summed E-state index contributed by atoms with van der Waals surface area (Å²) in [5, 5.41) is 2.03. The Kier molecular flexibility index (Phi) is 8.30. The van der Waals surface area contributed by atoms with Gasteiger partial charge in [-0.1, -0.05) is 170 Å². The van der Waals surface area contributed by atoms with Crippen LogP contribution in [-0.4, -0.2) is 19.5 Å². The quantitative estimate of drug-likeness (QED) is 0.165. The molecule has 0 saturated carbocycles. The third-order valence-corrected chi connectivity index (χ3v) is 10.4. The van der Waals surface area contributed by atoms with E-state index in [0.717, 1.165) is 77.6 Å². The van der Waals surface area contributed by atoms with Crippen molar-refractivity contribution in [3.8, 4) is 73.2 Å². The average Bonchev–Trinajstić information content (AvgIpc) is 3.60. The van der Waals surface area contributed by atoms with Gasteiger partial charge in [0.05, 0.1) is 16.7 Å². The van der Waals surface area contributed by atoms with E-state index >= 15 is 4.39 Å². The minimum Gasteiger partial charge on any atom is -0.308 e. The number of benzene rings is 8. The largest absolute Gasteiger partial charge is 0.308 e. The van der Waals surface area contributed by atoms with Gasteiger partial charge in [-0.2, -0.15) is 0 Å². The molecule has 0 aliphatic carbocycles. The lowest BCUT2D eigenvalue weighted by molar-refractivity contribution is 0.629. The number of fused-ring (bicyclic) bond motifs is 3. The fourth-order valence-corrected chi connectivity index (χ4v) is 7.57. The second-order valence-electron chi connectivity index (χ2n) is 13.8. The monoisotopic (exact) mass is 720 g/mol. The topological polar surface area (TPSA) is 43.6 Å². The van der Waals surface area contributed by atoms with Crippen molar-refractivity contribution in [1.29, 1.82) is 0 Å². The molecule has 0 atom stereocenters. The number of hydrogen-bond acceptors (Lipinski definition) is 3. The van der Waals surface area contributed by atoms with Crippen molar-refractivity contribution < 1.29 is 4.39 Å². The van der Waals surface area contributed by atoms with Crippen LogP contribution < -0.4 is 0 Å². The lowest BCUT2D eigenvalue weighted by Crippen LogP contribution is -2.02. The van der Waals surface area contributed by atoms with E-state index in [0.29, 0.717) is 17.5 Å². The highest BCUT2D eigenvalue weighted by molar-refractivity contribution is 6.10. The summed E-state index contributed by atoms with van der Waals surface area (Å²) in [7, 11) is 0. The van der Waals surface area contributed by atoms with Gasteiger partial charge in [0.1, 0.15) is 5.82 Å². The maximum atomic E-state index is 15.0. The van der Waals surface area contributed by atoms with Gasteiger partial charge in [0.2, 0.25) is 0 Å². The molecule has 2 aromatic heterocycles. The molecule has 0 fully saturated rings. The van der Waals surface area contributed by atoms with Crippen LogP contribution in [-0.2, 0) is 0 Å². The van der Waals surface area contributed by atoms with E-state index in [1.165, 1.54) is 6.07 Å². The highest BCUT2D eigenvalue weighted by Crippen LogP contribution is 2.39. The van der Waals surface area contributed by atoms with Gasteiger partial charge in [-0.3, -0.25) is 0 Å². The molecule has 0 aliphatic rings. The minimum atomic E-state index is -0.290. The van der Waals surface area contributed by atoms with Gasteiger partial charge in [-0.15, -0.1) is 0 Å². The van der Waals surface area contributed by atoms with Crippen molar-refractivity contribution in [2.24, 2.45) is 0 Å². The first kappa shape index (κ1) is 33.1. The zero-order valence-electron chi connectivity index (χ0n) is 30.2. The van der Waals surface area contributed by atoms with Crippen LogP contribution in [0.1, 0.15) is 0 Å². The summed E-state index contributed by atoms with van der Waals surface area (Å²) in [6.45, 7) is 0. The lowest BCUT2D eigenvalue weighted by atomic mass is 10.0. The summed E-state index contributed by atoms with van der Waals surface area (Å²) in [6, 6.07) is 67.2. The first-order valence-electron chi connectivity index (χ1n) is 18.6. The van der Waals surface area contributed by atoms with Crippen LogP contribution in [0.3, 0.4) is 0 Å². The standard InChI is InChI=1S/C51H33FN4/c52-42-29-31-45-44-18-10-11-19-46(44)56(48(45)33-42)47-32-41(28-30-43(47)38-16-8-3-9-17-38)51-54-49(39-24-20-36(21-25-39)34-12-4-1-5-13-34)53-50(55-51)40-26-22-37(23-27-40)35-14-6-2-7-15-35/h1-33H. The van der Waals surface area contributed by atoms with E-state index in [-0.39, 0.29) is 5.82 Å². The van der Waals surface area contributed by atoms with E-state index in [2.05, 4.69) is 120 Å². The van der Waals surface area contributed by atoms with Gasteiger partial charge in [0.15, 0.2) is 17.5 Å². The Morgan fingerprint density at radius 3 is 1.32 bits per heavy atom. The molecule has 264 valence electrons. The van der Waals surface area contributed by atoms with E-state index in [1.807, 2.05) is 72.8 Å². The van der Waals surface area contributed by atoms with Crippen LogP contribution in [0.5, 0.6) is 0 Å². The van der Waals surface area contributed by atoms with Crippen molar-refractivity contribution in [2.45, 2.75) is 0 Å². The number of rotatable bonds is 7. The fourth-order valence-electron chi connectivity index (χ4n) is 7.57. The number of aromatic nitrogens is 4. The van der Waals surface area contributed by atoms with Gasteiger partial charge < -0.3 is 4.57 Å². The lowest BCUT2D eigenvalue weighted by Gasteiger charge is -2.16. The Bertz CT molecular complexity index is 2890. The predicted octanol–water partition coefficient (Wildman–Crippen LogP) is 13.1. The number of hydrogen-bond donors (Lipinski definition) is 0. The number of halogens is 1. The summed E-state index contributed by atoms with van der Waals surface area (Å²) in [6.07, 6.45) is 0. The maximum absolute atomic E-state index is 15.0. The Morgan fingerprint density at radius 1 is 0.321 bits per heavy atom. The van der Waals surface area contributed by atoms with Gasteiger partial charge in [-0.25, -0.2) is 19.3 Å². The molecule has 0 radical (unpaired) electrons. The van der Waals surface area contributed by atoms with Gasteiger partial charge in [-0.05, 0) is 58.1 Å². The van der Waals surface area contributed by atoms with E-state index in [9.17, 15) is 0 Å². The Hall–Kier alpha value is -7.50. The van der Waals surface area contributed by atoms with Crippen LogP contribution in [0.2, 0.25) is 0 Å². The molecule has 0 aliphatic heterocycles. The van der Waals surface area contributed by atoms with Crippen molar-refractivity contribution in [2.75, 3.05) is 0 Å². The summed E-state index contributed by atoms with van der Waals surface area (Å²) in [5.74, 6) is 1.40. The molecule has 5 heteroatoms. The summed E-state index contributed by atoms with van der Waals surface area (Å²) < 4.78 is 17.2. The molecule has 0 bridgehead atoms. The Labute approximate surface area is 323 Å². The van der Waals surface area contributed by atoms with Crippen LogP contribution >= 0.6 is 0 Å². The molecule has 56 heavy (non-hydrogen) atoms. The number of nitrogens with zero attached hydrogens (tertiary/aromatic N) is 4. The molecule has 8 aromatic carbocycles. The molecule has 0 amide bonds. The predicted molar refractivity (Wildman–Crippen MR) is 227 cm³/mol. The molecule has 2 heterocycles. The van der Waals surface area contributed by atoms with Crippen molar-refractivity contribution in [3.63, 3.8) is 0 Å². The van der Waals surface area contributed by atoms with Gasteiger partial charge in [0.25, 0.3) is 0 Å². The molecule has 0 N–H and O–H groups in total. The van der Waals surface area contributed by atoms with Crippen LogP contribution in [0.4, 0.5) is 4.39 Å². The zero-order chi connectivity index (χ0) is 37.4. The van der Waals surface area contributed by atoms with Crippen LogP contribution in [0.25, 0.3) is 95.0 Å². The highest BCUT2D eigenvalue weighted by Gasteiger charge is 2.19. The van der Waals surface area contributed by atoms with Gasteiger partial charge in [0, 0.05) is 33.0 Å². The van der Waals surface area contributed by atoms with E-state index in [4.69, 9.17) is 15.0 Å². The normalized spacial score (nSPS) is 11.3. The maximum Gasteiger partial charge on any atom is 0.164 e. The second kappa shape index (κ2) is 14.0. The highest BCUT2D eigenvalue weighted by atomic mass is 19.1. The third kappa shape index (κ3) is 6.11. The fraction of sp³-hybridized carbons (Fsp3) is 0. The third-order valence-electron chi connectivity index (χ3n) is 10.4. The molecule has 0 unspecified atom stereocenters. The number of para-hydroxylation sites is 1.